The molecule has 0 bridgehead atoms. The molecule has 0 unspecified atom stereocenters. The van der Waals surface area contributed by atoms with Crippen molar-refractivity contribution in [2.75, 3.05) is 20.5 Å². The van der Waals surface area contributed by atoms with Crippen LogP contribution in [-0.2, 0) is 6.42 Å². The average molecular weight is 311 g/mol. The van der Waals surface area contributed by atoms with Gasteiger partial charge in [0.25, 0.3) is 0 Å². The number of halogens is 1. The smallest absolute Gasteiger partial charge is 0.222 e. The number of thioether (sulfide) groups is 1. The Hall–Kier alpha value is -1.46. The van der Waals surface area contributed by atoms with Crippen LogP contribution < -0.4 is 9.47 Å². The minimum Gasteiger partial charge on any atom is -0.497 e. The highest BCUT2D eigenvalue weighted by Crippen LogP contribution is 2.28. The molecule has 0 aliphatic heterocycles. The van der Waals surface area contributed by atoms with Gasteiger partial charge in [-0.05, 0) is 24.0 Å². The van der Waals surface area contributed by atoms with Gasteiger partial charge in [-0.15, -0.1) is 0 Å². The number of nitrogens with zero attached hydrogens (tertiary/aromatic N) is 2. The van der Waals surface area contributed by atoms with E-state index in [0.29, 0.717) is 22.6 Å². The van der Waals surface area contributed by atoms with E-state index in [1.54, 1.807) is 14.2 Å². The minimum atomic E-state index is 0.428. The molecule has 0 spiro atoms. The maximum absolute atomic E-state index is 6.23. The Morgan fingerprint density at radius 2 is 1.80 bits per heavy atom. The Labute approximate surface area is 127 Å². The van der Waals surface area contributed by atoms with Crippen LogP contribution in [0.1, 0.15) is 11.1 Å². The summed E-state index contributed by atoms with van der Waals surface area (Å²) in [7, 11) is 3.23. The molecule has 2 rings (SSSR count). The Morgan fingerprint density at radius 3 is 2.35 bits per heavy atom. The molecule has 1 heterocycles. The normalized spacial score (nSPS) is 10.4. The van der Waals surface area contributed by atoms with Crippen molar-refractivity contribution in [3.63, 3.8) is 0 Å². The lowest BCUT2D eigenvalue weighted by Gasteiger charge is -2.10. The number of aromatic nitrogens is 2. The number of benzene rings is 1. The maximum atomic E-state index is 6.23. The summed E-state index contributed by atoms with van der Waals surface area (Å²) in [6.07, 6.45) is 2.51. The van der Waals surface area contributed by atoms with E-state index >= 15 is 0 Å². The summed E-state index contributed by atoms with van der Waals surface area (Å²) in [5.74, 6) is 1.34. The molecule has 0 fully saturated rings. The number of methoxy groups -OCH3 is 2. The highest BCUT2D eigenvalue weighted by Gasteiger charge is 2.14. The summed E-state index contributed by atoms with van der Waals surface area (Å²) < 4.78 is 10.5. The summed E-state index contributed by atoms with van der Waals surface area (Å²) >= 11 is 7.66. The number of hydrogen-bond acceptors (Lipinski definition) is 5. The lowest BCUT2D eigenvalue weighted by molar-refractivity contribution is 0.387. The largest absolute Gasteiger partial charge is 0.497 e. The molecular formula is C14H15ClN2O2S. The molecular weight excluding hydrogens is 296 g/mol. The fourth-order valence-electron chi connectivity index (χ4n) is 1.78. The summed E-state index contributed by atoms with van der Waals surface area (Å²) in [6.45, 7) is 0. The quantitative estimate of drug-likeness (QED) is 0.481. The second-order valence-corrected chi connectivity index (χ2v) is 5.15. The highest BCUT2D eigenvalue weighted by molar-refractivity contribution is 7.98. The van der Waals surface area contributed by atoms with Crippen molar-refractivity contribution in [1.29, 1.82) is 0 Å². The third kappa shape index (κ3) is 3.35. The van der Waals surface area contributed by atoms with E-state index in [0.717, 1.165) is 16.9 Å². The van der Waals surface area contributed by atoms with Crippen molar-refractivity contribution in [2.24, 2.45) is 0 Å². The van der Waals surface area contributed by atoms with Gasteiger partial charge in [0, 0.05) is 6.42 Å². The highest BCUT2D eigenvalue weighted by atomic mass is 35.5. The zero-order chi connectivity index (χ0) is 14.5. The lowest BCUT2D eigenvalue weighted by Crippen LogP contribution is -2.01. The Bertz CT molecular complexity index is 590. The molecule has 0 saturated carbocycles. The third-order valence-corrected chi connectivity index (χ3v) is 3.67. The van der Waals surface area contributed by atoms with Crippen LogP contribution >= 0.6 is 23.4 Å². The van der Waals surface area contributed by atoms with Crippen LogP contribution in [0.3, 0.4) is 0 Å². The van der Waals surface area contributed by atoms with Crippen molar-refractivity contribution in [1.82, 2.24) is 9.97 Å². The van der Waals surface area contributed by atoms with E-state index in [1.165, 1.54) is 11.8 Å². The molecule has 1 aromatic carbocycles. The van der Waals surface area contributed by atoms with Crippen molar-refractivity contribution in [3.8, 4) is 11.6 Å². The summed E-state index contributed by atoms with van der Waals surface area (Å²) in [5, 5.41) is 1.03. The fourth-order valence-corrected chi connectivity index (χ4v) is 2.41. The van der Waals surface area contributed by atoms with Gasteiger partial charge in [-0.25, -0.2) is 4.98 Å². The standard InChI is InChI=1S/C14H15ClN2O2S/c1-18-10-6-4-9(5-7-10)8-11-12(15)16-14(20-3)17-13(11)19-2/h4-7H,8H2,1-3H3. The molecule has 2 aromatic rings. The molecule has 0 aliphatic rings. The monoisotopic (exact) mass is 310 g/mol. The molecule has 0 N–H and O–H groups in total. The van der Waals surface area contributed by atoms with Crippen LogP contribution in [0.2, 0.25) is 5.15 Å². The Kier molecular flexibility index (Phi) is 5.09. The molecule has 0 radical (unpaired) electrons. The van der Waals surface area contributed by atoms with Crippen LogP contribution in [0.25, 0.3) is 0 Å². The Morgan fingerprint density at radius 1 is 1.10 bits per heavy atom. The van der Waals surface area contributed by atoms with E-state index in [2.05, 4.69) is 9.97 Å². The Balaban J connectivity index is 2.31. The van der Waals surface area contributed by atoms with Gasteiger partial charge >= 0.3 is 0 Å². The predicted octanol–water partition coefficient (Wildman–Crippen LogP) is 3.46. The molecule has 1 aromatic heterocycles. The van der Waals surface area contributed by atoms with E-state index in [-0.39, 0.29) is 0 Å². The van der Waals surface area contributed by atoms with Crippen molar-refractivity contribution >= 4 is 23.4 Å². The van der Waals surface area contributed by atoms with Gasteiger partial charge in [0.1, 0.15) is 10.9 Å². The second-order valence-electron chi connectivity index (χ2n) is 4.01. The summed E-state index contributed by atoms with van der Waals surface area (Å²) in [5.41, 5.74) is 1.88. The van der Waals surface area contributed by atoms with Gasteiger partial charge in [0.2, 0.25) is 5.88 Å². The molecule has 0 amide bonds. The molecule has 106 valence electrons. The molecule has 0 aliphatic carbocycles. The minimum absolute atomic E-state index is 0.428. The lowest BCUT2D eigenvalue weighted by atomic mass is 10.1. The first-order valence-corrected chi connectivity index (χ1v) is 7.55. The molecule has 4 nitrogen and oxygen atoms in total. The first-order valence-electron chi connectivity index (χ1n) is 5.95. The predicted molar refractivity (Wildman–Crippen MR) is 81.2 cm³/mol. The van der Waals surface area contributed by atoms with Crippen LogP contribution in [0.4, 0.5) is 0 Å². The van der Waals surface area contributed by atoms with Crippen LogP contribution in [0.15, 0.2) is 29.4 Å². The van der Waals surface area contributed by atoms with Crippen LogP contribution in [-0.4, -0.2) is 30.4 Å². The average Bonchev–Trinajstić information content (AvgIpc) is 2.49. The van der Waals surface area contributed by atoms with Gasteiger partial charge in [-0.1, -0.05) is 35.5 Å². The van der Waals surface area contributed by atoms with Crippen LogP contribution in [0, 0.1) is 0 Å². The van der Waals surface area contributed by atoms with Gasteiger partial charge in [-0.2, -0.15) is 4.98 Å². The zero-order valence-corrected chi connectivity index (χ0v) is 13.1. The first kappa shape index (κ1) is 14.9. The van der Waals surface area contributed by atoms with Gasteiger partial charge in [0.15, 0.2) is 5.16 Å². The topological polar surface area (TPSA) is 44.2 Å². The van der Waals surface area contributed by atoms with Gasteiger partial charge < -0.3 is 9.47 Å². The van der Waals surface area contributed by atoms with Gasteiger partial charge in [-0.3, -0.25) is 0 Å². The fraction of sp³-hybridized carbons (Fsp3) is 0.286. The van der Waals surface area contributed by atoms with Crippen molar-refractivity contribution in [3.05, 3.63) is 40.5 Å². The molecule has 0 atom stereocenters. The SMILES string of the molecule is COc1ccc(Cc2c(Cl)nc(SC)nc2OC)cc1. The number of rotatable bonds is 5. The summed E-state index contributed by atoms with van der Waals surface area (Å²) in [4.78, 5) is 8.56. The molecule has 6 heteroatoms. The third-order valence-electron chi connectivity index (χ3n) is 2.81. The van der Waals surface area contributed by atoms with Crippen molar-refractivity contribution < 1.29 is 9.47 Å². The van der Waals surface area contributed by atoms with E-state index in [1.807, 2.05) is 30.5 Å². The van der Waals surface area contributed by atoms with E-state index in [9.17, 15) is 0 Å². The van der Waals surface area contributed by atoms with E-state index in [4.69, 9.17) is 21.1 Å². The van der Waals surface area contributed by atoms with Crippen LogP contribution in [0.5, 0.6) is 11.6 Å². The van der Waals surface area contributed by atoms with Gasteiger partial charge in [0.05, 0.1) is 19.8 Å². The summed E-state index contributed by atoms with van der Waals surface area (Å²) in [6, 6.07) is 7.79. The second kappa shape index (κ2) is 6.81. The number of ether oxygens (including phenoxy) is 2. The molecule has 20 heavy (non-hydrogen) atoms. The first-order chi connectivity index (χ1) is 9.67. The number of hydrogen-bond donors (Lipinski definition) is 0. The maximum Gasteiger partial charge on any atom is 0.222 e. The van der Waals surface area contributed by atoms with Crippen molar-refractivity contribution in [2.45, 2.75) is 11.6 Å². The molecule has 0 saturated heterocycles. The zero-order valence-electron chi connectivity index (χ0n) is 11.5. The van der Waals surface area contributed by atoms with E-state index < -0.39 is 0 Å².